The first-order valence-electron chi connectivity index (χ1n) is 12.3. The Morgan fingerprint density at radius 1 is 0.562 bits per heavy atom. The molecule has 0 amide bonds. The fourth-order valence-corrected chi connectivity index (χ4v) is 3.62. The molecule has 1 aliphatic rings. The summed E-state index contributed by atoms with van der Waals surface area (Å²) >= 11 is 0. The molecule has 1 saturated carbocycles. The molecule has 2 rings (SSSR count). The van der Waals surface area contributed by atoms with Crippen LogP contribution >= 0.6 is 0 Å². The van der Waals surface area contributed by atoms with Gasteiger partial charge in [-0.05, 0) is 6.42 Å². The molecule has 32 heavy (non-hydrogen) atoms. The highest BCUT2D eigenvalue weighted by Gasteiger charge is 3.01. The van der Waals surface area contributed by atoms with E-state index in [1.165, 1.54) is 103 Å². The molecule has 0 aliphatic heterocycles. The number of unbranched alkanes of at least 4 members (excludes halogenated alkanes) is 15. The van der Waals surface area contributed by atoms with Gasteiger partial charge in [0.25, 0.3) is 0 Å². The zero-order chi connectivity index (χ0) is 23.9. The molecule has 1 fully saturated rings. The van der Waals surface area contributed by atoms with E-state index >= 15 is 0 Å². The van der Waals surface area contributed by atoms with Crippen LogP contribution in [0.25, 0.3) is 0 Å². The van der Waals surface area contributed by atoms with Gasteiger partial charge >= 0.3 is 17.8 Å². The topological polar surface area (TPSA) is 17.8 Å². The average Bonchev–Trinajstić information content (AvgIpc) is 3.16. The molecule has 0 bridgehead atoms. The van der Waals surface area contributed by atoms with E-state index in [4.69, 9.17) is 0 Å². The van der Waals surface area contributed by atoms with Crippen molar-refractivity contribution in [2.24, 2.45) is 0 Å². The highest BCUT2D eigenvalue weighted by Crippen LogP contribution is 2.68. The zero-order valence-electron chi connectivity index (χ0n) is 19.4. The summed E-state index contributed by atoms with van der Waals surface area (Å²) in [5, 5.41) is 0. The minimum atomic E-state index is -5.12. The molecule has 0 spiro atoms. The van der Waals surface area contributed by atoms with Gasteiger partial charge in [-0.3, -0.25) is 0 Å². The number of hydrogen-bond acceptors (Lipinski definition) is 1. The van der Waals surface area contributed by atoms with E-state index in [9.17, 15) is 26.3 Å². The van der Waals surface area contributed by atoms with Crippen LogP contribution in [0.1, 0.15) is 110 Å². The molecule has 1 aliphatic carbocycles. The van der Waals surface area contributed by atoms with Crippen molar-refractivity contribution in [3.63, 3.8) is 0 Å². The second-order valence-corrected chi connectivity index (χ2v) is 8.83. The zero-order valence-corrected chi connectivity index (χ0v) is 19.4. The number of hydrogen-bond donors (Lipinski definition) is 0. The van der Waals surface area contributed by atoms with Crippen LogP contribution in [-0.4, -0.2) is 27.3 Å². The molecule has 0 radical (unpaired) electrons. The third-order valence-corrected chi connectivity index (χ3v) is 5.95. The van der Waals surface area contributed by atoms with Crippen LogP contribution in [0.15, 0.2) is 18.7 Å². The maximum absolute atomic E-state index is 11.2. The highest BCUT2D eigenvalue weighted by atomic mass is 19.4. The first-order valence-corrected chi connectivity index (χ1v) is 12.3. The number of rotatable bonds is 17. The van der Waals surface area contributed by atoms with E-state index in [1.54, 1.807) is 0 Å². The lowest BCUT2D eigenvalue weighted by Gasteiger charge is -2.04. The van der Waals surface area contributed by atoms with E-state index < -0.39 is 17.8 Å². The van der Waals surface area contributed by atoms with E-state index in [2.05, 4.69) is 22.7 Å². The van der Waals surface area contributed by atoms with Crippen LogP contribution in [0.5, 0.6) is 0 Å². The molecule has 1 heterocycles. The largest absolute Gasteiger partial charge is 0.385 e. The molecular formula is C24H40F6N2. The van der Waals surface area contributed by atoms with Gasteiger partial charge in [0.15, 0.2) is 0 Å². The average molecular weight is 471 g/mol. The summed E-state index contributed by atoms with van der Waals surface area (Å²) in [6, 6.07) is 0. The Balaban J connectivity index is 0.000000471. The van der Waals surface area contributed by atoms with Gasteiger partial charge < -0.3 is 4.57 Å². The number of nitrogens with zero attached hydrogens (tertiary/aromatic N) is 2. The quantitative estimate of drug-likeness (QED) is 0.164. The molecule has 8 heteroatoms. The molecule has 1 aromatic rings. The van der Waals surface area contributed by atoms with Gasteiger partial charge in [-0.15, -0.1) is 0 Å². The first-order chi connectivity index (χ1) is 15.2. The summed E-state index contributed by atoms with van der Waals surface area (Å²) in [6.45, 7) is 3.43. The summed E-state index contributed by atoms with van der Waals surface area (Å²) in [7, 11) is 0. The van der Waals surface area contributed by atoms with Crippen molar-refractivity contribution >= 4 is 0 Å². The van der Waals surface area contributed by atoms with Crippen LogP contribution in [0.4, 0.5) is 26.3 Å². The Morgan fingerprint density at radius 3 is 1.19 bits per heavy atom. The van der Waals surface area contributed by atoms with Crippen molar-refractivity contribution < 1.29 is 26.3 Å². The number of halogens is 6. The molecule has 0 saturated heterocycles. The van der Waals surface area contributed by atoms with Crippen molar-refractivity contribution in [3.8, 4) is 0 Å². The van der Waals surface area contributed by atoms with Crippen LogP contribution < -0.4 is 0 Å². The van der Waals surface area contributed by atoms with Crippen molar-refractivity contribution in [2.75, 3.05) is 0 Å². The van der Waals surface area contributed by atoms with Crippen molar-refractivity contribution in [3.05, 3.63) is 18.7 Å². The Hall–Kier alpha value is -1.21. The second-order valence-electron chi connectivity index (χ2n) is 8.83. The van der Waals surface area contributed by atoms with Gasteiger partial charge in [0.05, 0.1) is 6.33 Å². The fraction of sp³-hybridized carbons (Fsp3) is 0.875. The van der Waals surface area contributed by atoms with E-state index in [-0.39, 0.29) is 0 Å². The minimum Gasteiger partial charge on any atom is -0.337 e. The van der Waals surface area contributed by atoms with Crippen LogP contribution in [0.3, 0.4) is 0 Å². The lowest BCUT2D eigenvalue weighted by Crippen LogP contribution is -2.02. The normalized spacial score (nSPS) is 17.6. The number of aryl methyl sites for hydroxylation is 1. The first kappa shape index (κ1) is 28.8. The molecule has 188 valence electrons. The molecule has 0 aromatic carbocycles. The number of alkyl halides is 6. The Labute approximate surface area is 189 Å². The molecule has 0 N–H and O–H groups in total. The Morgan fingerprint density at radius 2 is 0.906 bits per heavy atom. The summed E-state index contributed by atoms with van der Waals surface area (Å²) in [5.74, 6) is -15.4. The lowest BCUT2D eigenvalue weighted by molar-refractivity contribution is -0.0278. The van der Waals surface area contributed by atoms with Crippen LogP contribution in [0, 0.1) is 0 Å². The second kappa shape index (κ2) is 14.8. The predicted molar refractivity (Wildman–Crippen MR) is 117 cm³/mol. The van der Waals surface area contributed by atoms with E-state index in [1.807, 2.05) is 12.5 Å². The van der Waals surface area contributed by atoms with Crippen molar-refractivity contribution in [1.82, 2.24) is 9.55 Å². The van der Waals surface area contributed by atoms with Crippen LogP contribution in [0.2, 0.25) is 0 Å². The summed E-state index contributed by atoms with van der Waals surface area (Å²) in [5.41, 5.74) is 0. The molecule has 1 aromatic heterocycles. The van der Waals surface area contributed by atoms with Crippen molar-refractivity contribution in [2.45, 2.75) is 134 Å². The minimum absolute atomic E-state index is 1.14. The Bertz CT molecular complexity index is 535. The highest BCUT2D eigenvalue weighted by molar-refractivity contribution is 5.22. The van der Waals surface area contributed by atoms with E-state index in [0.717, 1.165) is 6.54 Å². The summed E-state index contributed by atoms with van der Waals surface area (Å²) in [6.07, 6.45) is 28.8. The lowest BCUT2D eigenvalue weighted by atomic mass is 10.0. The molecule has 0 atom stereocenters. The smallest absolute Gasteiger partial charge is 0.337 e. The maximum atomic E-state index is 11.2. The van der Waals surface area contributed by atoms with Gasteiger partial charge in [0, 0.05) is 18.9 Å². The third-order valence-electron chi connectivity index (χ3n) is 5.95. The summed E-state index contributed by atoms with van der Waals surface area (Å²) < 4.78 is 69.3. The van der Waals surface area contributed by atoms with E-state index in [0.29, 0.717) is 0 Å². The van der Waals surface area contributed by atoms with Gasteiger partial charge in [-0.2, -0.15) is 26.3 Å². The van der Waals surface area contributed by atoms with Crippen LogP contribution in [-0.2, 0) is 6.54 Å². The van der Waals surface area contributed by atoms with Gasteiger partial charge in [-0.25, -0.2) is 4.98 Å². The summed E-state index contributed by atoms with van der Waals surface area (Å²) in [4.78, 5) is 4.08. The SMILES string of the molecule is CCCCCCCCCCCCCCCCCCn1ccnc1.FC1(F)C(F)(F)C1(F)F. The fourth-order valence-electron chi connectivity index (χ4n) is 3.62. The molecule has 0 unspecified atom stereocenters. The predicted octanol–water partition coefficient (Wildman–Crippen LogP) is 9.05. The maximum Gasteiger partial charge on any atom is 0.385 e. The molecular weight excluding hydrogens is 430 g/mol. The Kier molecular flexibility index (Phi) is 13.4. The third kappa shape index (κ3) is 9.34. The van der Waals surface area contributed by atoms with Gasteiger partial charge in [-0.1, -0.05) is 103 Å². The standard InChI is InChI=1S/C21H40N2.C3F6/c1-2-3-4-5-6-7-8-9-10-11-12-13-14-15-16-17-19-23-20-18-22-21-23;4-1(5)2(6,7)3(1,8)9/h18,20-21H,2-17,19H2,1H3;. The monoisotopic (exact) mass is 470 g/mol. The molecule has 2 nitrogen and oxygen atoms in total. The van der Waals surface area contributed by atoms with Crippen molar-refractivity contribution in [1.29, 1.82) is 0 Å². The van der Waals surface area contributed by atoms with Gasteiger partial charge in [0.2, 0.25) is 0 Å². The number of imidazole rings is 1. The number of aromatic nitrogens is 2. The van der Waals surface area contributed by atoms with Gasteiger partial charge in [0.1, 0.15) is 0 Å².